The van der Waals surface area contributed by atoms with Crippen LogP contribution in [-0.4, -0.2) is 18.4 Å². The summed E-state index contributed by atoms with van der Waals surface area (Å²) in [4.78, 5) is 24.0. The van der Waals surface area contributed by atoms with E-state index in [2.05, 4.69) is 31.6 Å². The van der Waals surface area contributed by atoms with Crippen molar-refractivity contribution < 1.29 is 14.3 Å². The molecule has 0 spiro atoms. The van der Waals surface area contributed by atoms with Crippen LogP contribution in [-0.2, 0) is 10.2 Å². The molecule has 0 saturated carbocycles. The molecular weight excluding hydrogens is 399 g/mol. The van der Waals surface area contributed by atoms with Crippen LogP contribution in [0, 0.1) is 0 Å². The van der Waals surface area contributed by atoms with Gasteiger partial charge >= 0.3 is 0 Å². The number of carbonyl (C=O) groups is 2. The van der Waals surface area contributed by atoms with E-state index in [-0.39, 0.29) is 23.7 Å². The summed E-state index contributed by atoms with van der Waals surface area (Å²) in [6.07, 6.45) is 0.676. The molecule has 0 atom stereocenters. The fourth-order valence-corrected chi connectivity index (χ4v) is 2.85. The Morgan fingerprint density at radius 1 is 1.00 bits per heavy atom. The van der Waals surface area contributed by atoms with Crippen LogP contribution in [0.15, 0.2) is 42.5 Å². The molecule has 2 aromatic rings. The molecule has 2 aromatic carbocycles. The van der Waals surface area contributed by atoms with Crippen LogP contribution >= 0.6 is 23.2 Å². The standard InChI is InChI=1S/C21H24Cl2N2O3/c1-21(2,3)15-8-6-14(7-9-15)20(27)25-24-19(26)5-4-12-28-18-11-10-16(22)13-17(18)23/h6-11,13H,4-5,12H2,1-3H3,(H,24,26)(H,25,27). The highest BCUT2D eigenvalue weighted by molar-refractivity contribution is 6.35. The van der Waals surface area contributed by atoms with Crippen molar-refractivity contribution in [2.75, 3.05) is 6.61 Å². The van der Waals surface area contributed by atoms with E-state index < -0.39 is 0 Å². The highest BCUT2D eigenvalue weighted by Gasteiger charge is 2.14. The zero-order valence-electron chi connectivity index (χ0n) is 16.1. The van der Waals surface area contributed by atoms with Crippen molar-refractivity contribution in [1.29, 1.82) is 0 Å². The number of hydrogen-bond acceptors (Lipinski definition) is 3. The van der Waals surface area contributed by atoms with E-state index >= 15 is 0 Å². The third-order valence-corrected chi connectivity index (χ3v) is 4.56. The zero-order chi connectivity index (χ0) is 20.7. The first-order chi connectivity index (χ1) is 13.2. The first-order valence-corrected chi connectivity index (χ1v) is 9.70. The SMILES string of the molecule is CC(C)(C)c1ccc(C(=O)NNC(=O)CCCOc2ccc(Cl)cc2Cl)cc1. The summed E-state index contributed by atoms with van der Waals surface area (Å²) in [7, 11) is 0. The van der Waals surface area contributed by atoms with Crippen LogP contribution in [0.5, 0.6) is 5.75 Å². The molecule has 0 aliphatic rings. The van der Waals surface area contributed by atoms with Gasteiger partial charge in [-0.25, -0.2) is 0 Å². The second-order valence-corrected chi connectivity index (χ2v) is 8.20. The molecule has 7 heteroatoms. The third-order valence-electron chi connectivity index (χ3n) is 4.03. The lowest BCUT2D eigenvalue weighted by Gasteiger charge is -2.19. The second-order valence-electron chi connectivity index (χ2n) is 7.36. The predicted molar refractivity (Wildman–Crippen MR) is 112 cm³/mol. The minimum atomic E-state index is -0.363. The van der Waals surface area contributed by atoms with Gasteiger partial charge in [0.05, 0.1) is 11.6 Å². The molecule has 0 bridgehead atoms. The maximum absolute atomic E-state index is 12.1. The quantitative estimate of drug-likeness (QED) is 0.513. The molecular formula is C21H24Cl2N2O3. The smallest absolute Gasteiger partial charge is 0.269 e. The Morgan fingerprint density at radius 3 is 2.29 bits per heavy atom. The maximum atomic E-state index is 12.1. The van der Waals surface area contributed by atoms with Gasteiger partial charge in [0.1, 0.15) is 5.75 Å². The lowest BCUT2D eigenvalue weighted by atomic mass is 9.87. The van der Waals surface area contributed by atoms with Gasteiger partial charge in [0, 0.05) is 17.0 Å². The van der Waals surface area contributed by atoms with Gasteiger partial charge in [0.25, 0.3) is 5.91 Å². The monoisotopic (exact) mass is 422 g/mol. The number of rotatable bonds is 6. The van der Waals surface area contributed by atoms with Gasteiger partial charge in [0.2, 0.25) is 5.91 Å². The number of hydrazine groups is 1. The molecule has 5 nitrogen and oxygen atoms in total. The molecule has 28 heavy (non-hydrogen) atoms. The average molecular weight is 423 g/mol. The topological polar surface area (TPSA) is 67.4 Å². The van der Waals surface area contributed by atoms with Gasteiger partial charge < -0.3 is 4.74 Å². The number of amides is 2. The average Bonchev–Trinajstić information content (AvgIpc) is 2.64. The van der Waals surface area contributed by atoms with E-state index in [9.17, 15) is 9.59 Å². The molecule has 0 fully saturated rings. The maximum Gasteiger partial charge on any atom is 0.269 e. The van der Waals surface area contributed by atoms with Crippen molar-refractivity contribution >= 4 is 35.0 Å². The Kier molecular flexibility index (Phi) is 7.72. The van der Waals surface area contributed by atoms with Crippen LogP contribution in [0.25, 0.3) is 0 Å². The van der Waals surface area contributed by atoms with Crippen LogP contribution in [0.2, 0.25) is 10.0 Å². The molecule has 0 aliphatic carbocycles. The largest absolute Gasteiger partial charge is 0.492 e. The number of ether oxygens (including phenoxy) is 1. The van der Waals surface area contributed by atoms with E-state index in [4.69, 9.17) is 27.9 Å². The van der Waals surface area contributed by atoms with Crippen LogP contribution in [0.4, 0.5) is 0 Å². The molecule has 0 aromatic heterocycles. The van der Waals surface area contributed by atoms with Gasteiger partial charge in [-0.05, 0) is 47.7 Å². The molecule has 0 unspecified atom stereocenters. The number of benzene rings is 2. The minimum Gasteiger partial charge on any atom is -0.492 e. The van der Waals surface area contributed by atoms with E-state index in [1.165, 1.54) is 0 Å². The summed E-state index contributed by atoms with van der Waals surface area (Å²) in [5, 5.41) is 0.946. The normalized spacial score (nSPS) is 11.0. The molecule has 2 amide bonds. The predicted octanol–water partition coefficient (Wildman–Crippen LogP) is 4.91. The molecule has 0 saturated heterocycles. The van der Waals surface area contributed by atoms with Gasteiger partial charge in [-0.15, -0.1) is 0 Å². The van der Waals surface area contributed by atoms with Crippen molar-refractivity contribution in [3.05, 3.63) is 63.6 Å². The molecule has 150 valence electrons. The van der Waals surface area contributed by atoms with E-state index in [0.717, 1.165) is 5.56 Å². The number of carbonyl (C=O) groups excluding carboxylic acids is 2. The van der Waals surface area contributed by atoms with Gasteiger partial charge in [-0.3, -0.25) is 20.4 Å². The summed E-state index contributed by atoms with van der Waals surface area (Å²) in [6, 6.07) is 12.3. The number of hydrogen-bond donors (Lipinski definition) is 2. The fraction of sp³-hybridized carbons (Fsp3) is 0.333. The van der Waals surface area contributed by atoms with E-state index in [1.54, 1.807) is 30.3 Å². The van der Waals surface area contributed by atoms with Crippen molar-refractivity contribution in [1.82, 2.24) is 10.9 Å². The Hall–Kier alpha value is -2.24. The van der Waals surface area contributed by atoms with Crippen LogP contribution < -0.4 is 15.6 Å². The lowest BCUT2D eigenvalue weighted by molar-refractivity contribution is -0.122. The van der Waals surface area contributed by atoms with Crippen LogP contribution in [0.1, 0.15) is 49.5 Å². The lowest BCUT2D eigenvalue weighted by Crippen LogP contribution is -2.41. The highest BCUT2D eigenvalue weighted by atomic mass is 35.5. The Balaban J connectivity index is 1.71. The summed E-state index contributed by atoms with van der Waals surface area (Å²) >= 11 is 11.8. The van der Waals surface area contributed by atoms with Gasteiger partial charge in [0.15, 0.2) is 0 Å². The molecule has 2 rings (SSSR count). The highest BCUT2D eigenvalue weighted by Crippen LogP contribution is 2.27. The van der Waals surface area contributed by atoms with Gasteiger partial charge in [-0.2, -0.15) is 0 Å². The first kappa shape index (κ1) is 22.1. The minimum absolute atomic E-state index is 0.0154. The van der Waals surface area contributed by atoms with Crippen molar-refractivity contribution in [2.24, 2.45) is 0 Å². The Labute approximate surface area is 175 Å². The molecule has 0 radical (unpaired) electrons. The van der Waals surface area contributed by atoms with Crippen molar-refractivity contribution in [3.8, 4) is 5.75 Å². The first-order valence-electron chi connectivity index (χ1n) is 8.94. The third kappa shape index (κ3) is 6.73. The molecule has 0 heterocycles. The summed E-state index contributed by atoms with van der Waals surface area (Å²) < 4.78 is 5.52. The summed E-state index contributed by atoms with van der Waals surface area (Å²) in [5.74, 6) is -0.151. The summed E-state index contributed by atoms with van der Waals surface area (Å²) in [6.45, 7) is 6.63. The molecule has 0 aliphatic heterocycles. The Bertz CT molecular complexity index is 831. The Morgan fingerprint density at radius 2 is 1.68 bits per heavy atom. The zero-order valence-corrected chi connectivity index (χ0v) is 17.7. The summed E-state index contributed by atoms with van der Waals surface area (Å²) in [5.41, 5.74) is 6.45. The fourth-order valence-electron chi connectivity index (χ4n) is 2.39. The molecule has 2 N–H and O–H groups in total. The van der Waals surface area contributed by atoms with E-state index in [0.29, 0.717) is 34.4 Å². The second kappa shape index (κ2) is 9.80. The van der Waals surface area contributed by atoms with E-state index in [1.807, 2.05) is 12.1 Å². The van der Waals surface area contributed by atoms with Crippen molar-refractivity contribution in [2.45, 2.75) is 39.0 Å². The number of nitrogens with one attached hydrogen (secondary N) is 2. The van der Waals surface area contributed by atoms with Crippen molar-refractivity contribution in [3.63, 3.8) is 0 Å². The van der Waals surface area contributed by atoms with Crippen LogP contribution in [0.3, 0.4) is 0 Å². The number of halogens is 2. The van der Waals surface area contributed by atoms with Gasteiger partial charge in [-0.1, -0.05) is 56.1 Å².